The van der Waals surface area contributed by atoms with Gasteiger partial charge in [0.1, 0.15) is 0 Å². The van der Waals surface area contributed by atoms with Gasteiger partial charge >= 0.3 is 0 Å². The molecule has 1 heterocycles. The average Bonchev–Trinajstić information content (AvgIpc) is 2.55. The van der Waals surface area contributed by atoms with Gasteiger partial charge in [0.25, 0.3) is 0 Å². The highest BCUT2D eigenvalue weighted by Crippen LogP contribution is 2.27. The van der Waals surface area contributed by atoms with Crippen molar-refractivity contribution < 1.29 is 9.53 Å². The number of morpholine rings is 1. The minimum atomic E-state index is -0.515. The number of benzene rings is 2. The van der Waals surface area contributed by atoms with E-state index in [0.29, 0.717) is 10.6 Å². The van der Waals surface area contributed by atoms with Crippen LogP contribution in [0.2, 0.25) is 5.02 Å². The average molecular weight is 317 g/mol. The molecule has 4 nitrogen and oxygen atoms in total. The normalized spacial score (nSPS) is 14.9. The number of hydrogen-bond acceptors (Lipinski definition) is 3. The fraction of sp³-hybridized carbons (Fsp3) is 0.235. The third kappa shape index (κ3) is 3.08. The van der Waals surface area contributed by atoms with Gasteiger partial charge in [0.2, 0.25) is 5.91 Å². The lowest BCUT2D eigenvalue weighted by Crippen LogP contribution is -2.36. The second-order valence-electron chi connectivity index (χ2n) is 5.21. The number of carbonyl (C=O) groups is 1. The Hall–Kier alpha value is -2.04. The van der Waals surface area contributed by atoms with E-state index in [0.717, 1.165) is 37.4 Å². The van der Waals surface area contributed by atoms with Crippen molar-refractivity contribution in [1.82, 2.24) is 0 Å². The topological polar surface area (TPSA) is 55.6 Å². The Labute approximate surface area is 134 Å². The van der Waals surface area contributed by atoms with E-state index >= 15 is 0 Å². The molecule has 1 saturated heterocycles. The fourth-order valence-electron chi connectivity index (χ4n) is 2.58. The summed E-state index contributed by atoms with van der Waals surface area (Å²) in [5.74, 6) is -0.515. The minimum Gasteiger partial charge on any atom is -0.378 e. The van der Waals surface area contributed by atoms with Crippen LogP contribution in [-0.4, -0.2) is 32.2 Å². The van der Waals surface area contributed by atoms with Crippen molar-refractivity contribution in [2.45, 2.75) is 0 Å². The van der Waals surface area contributed by atoms with Crippen molar-refractivity contribution in [3.8, 4) is 11.1 Å². The number of nitrogens with two attached hydrogens (primary N) is 1. The van der Waals surface area contributed by atoms with Crippen LogP contribution in [-0.2, 0) is 4.74 Å². The second-order valence-corrected chi connectivity index (χ2v) is 5.61. The zero-order chi connectivity index (χ0) is 15.5. The summed E-state index contributed by atoms with van der Waals surface area (Å²) in [6.45, 7) is 3.37. The van der Waals surface area contributed by atoms with Gasteiger partial charge in [-0.2, -0.15) is 0 Å². The van der Waals surface area contributed by atoms with E-state index in [4.69, 9.17) is 22.1 Å². The first-order valence-corrected chi connectivity index (χ1v) is 7.55. The summed E-state index contributed by atoms with van der Waals surface area (Å²) in [4.78, 5) is 13.5. The van der Waals surface area contributed by atoms with Crippen LogP contribution < -0.4 is 10.6 Å². The van der Waals surface area contributed by atoms with Gasteiger partial charge in [0.15, 0.2) is 0 Å². The molecule has 0 atom stereocenters. The molecule has 1 amide bonds. The molecule has 22 heavy (non-hydrogen) atoms. The SMILES string of the molecule is NC(=O)c1ccc(-c2ccc(N3CCOCC3)cc2)cc1Cl. The van der Waals surface area contributed by atoms with E-state index in [1.165, 1.54) is 5.69 Å². The largest absolute Gasteiger partial charge is 0.378 e. The van der Waals surface area contributed by atoms with Gasteiger partial charge in [-0.3, -0.25) is 4.79 Å². The first kappa shape index (κ1) is 14.9. The van der Waals surface area contributed by atoms with Crippen LogP contribution in [0.15, 0.2) is 42.5 Å². The summed E-state index contributed by atoms with van der Waals surface area (Å²) in [6, 6.07) is 13.6. The van der Waals surface area contributed by atoms with Gasteiger partial charge in [-0.05, 0) is 35.4 Å². The van der Waals surface area contributed by atoms with Gasteiger partial charge in [-0.1, -0.05) is 29.8 Å². The second kappa shape index (κ2) is 6.38. The third-order valence-corrected chi connectivity index (χ3v) is 4.12. The Balaban J connectivity index is 1.83. The Morgan fingerprint density at radius 1 is 1.05 bits per heavy atom. The summed E-state index contributed by atoms with van der Waals surface area (Å²) >= 11 is 6.10. The Bertz CT molecular complexity index is 680. The molecule has 0 bridgehead atoms. The van der Waals surface area contributed by atoms with Crippen LogP contribution in [0.1, 0.15) is 10.4 Å². The Morgan fingerprint density at radius 3 is 2.27 bits per heavy atom. The fourth-order valence-corrected chi connectivity index (χ4v) is 2.85. The molecule has 0 aromatic heterocycles. The predicted molar refractivity (Wildman–Crippen MR) is 88.4 cm³/mol. The highest BCUT2D eigenvalue weighted by atomic mass is 35.5. The van der Waals surface area contributed by atoms with Crippen LogP contribution >= 0.6 is 11.6 Å². The van der Waals surface area contributed by atoms with Gasteiger partial charge in [-0.25, -0.2) is 0 Å². The molecule has 0 unspecified atom stereocenters. The minimum absolute atomic E-state index is 0.343. The van der Waals surface area contributed by atoms with Crippen LogP contribution in [0, 0.1) is 0 Å². The van der Waals surface area contributed by atoms with Gasteiger partial charge in [-0.15, -0.1) is 0 Å². The van der Waals surface area contributed by atoms with Crippen molar-refractivity contribution in [1.29, 1.82) is 0 Å². The quantitative estimate of drug-likeness (QED) is 0.947. The highest BCUT2D eigenvalue weighted by molar-refractivity contribution is 6.34. The number of hydrogen-bond donors (Lipinski definition) is 1. The number of anilines is 1. The lowest BCUT2D eigenvalue weighted by Gasteiger charge is -2.28. The molecule has 114 valence electrons. The lowest BCUT2D eigenvalue weighted by atomic mass is 10.0. The van der Waals surface area contributed by atoms with Gasteiger partial charge in [0.05, 0.1) is 23.8 Å². The number of halogens is 1. The molecule has 2 aromatic rings. The van der Waals surface area contributed by atoms with Crippen LogP contribution in [0.3, 0.4) is 0 Å². The lowest BCUT2D eigenvalue weighted by molar-refractivity contribution is 0.100. The maximum atomic E-state index is 11.2. The first-order valence-electron chi connectivity index (χ1n) is 7.17. The number of primary amides is 1. The summed E-state index contributed by atoms with van der Waals surface area (Å²) in [6.07, 6.45) is 0. The van der Waals surface area contributed by atoms with E-state index < -0.39 is 5.91 Å². The van der Waals surface area contributed by atoms with Crippen molar-refractivity contribution in [2.24, 2.45) is 5.73 Å². The van der Waals surface area contributed by atoms with Crippen molar-refractivity contribution in [3.63, 3.8) is 0 Å². The molecule has 2 aromatic carbocycles. The zero-order valence-electron chi connectivity index (χ0n) is 12.1. The maximum absolute atomic E-state index is 11.2. The molecular weight excluding hydrogens is 300 g/mol. The smallest absolute Gasteiger partial charge is 0.250 e. The summed E-state index contributed by atoms with van der Waals surface area (Å²) < 4.78 is 5.36. The van der Waals surface area contributed by atoms with Crippen LogP contribution in [0.4, 0.5) is 5.69 Å². The number of amides is 1. The Kier molecular flexibility index (Phi) is 4.32. The van der Waals surface area contributed by atoms with E-state index in [2.05, 4.69) is 29.2 Å². The third-order valence-electron chi connectivity index (χ3n) is 3.81. The molecule has 0 saturated carbocycles. The Morgan fingerprint density at radius 2 is 1.68 bits per heavy atom. The predicted octanol–water partition coefficient (Wildman–Crippen LogP) is 2.94. The molecule has 0 aliphatic carbocycles. The molecule has 2 N–H and O–H groups in total. The number of nitrogens with zero attached hydrogens (tertiary/aromatic N) is 1. The van der Waals surface area contributed by atoms with Crippen molar-refractivity contribution in [2.75, 3.05) is 31.2 Å². The van der Waals surface area contributed by atoms with Crippen molar-refractivity contribution >= 4 is 23.2 Å². The van der Waals surface area contributed by atoms with E-state index in [1.807, 2.05) is 6.07 Å². The van der Waals surface area contributed by atoms with Crippen LogP contribution in [0.25, 0.3) is 11.1 Å². The number of carbonyl (C=O) groups excluding carboxylic acids is 1. The molecule has 5 heteroatoms. The van der Waals surface area contributed by atoms with E-state index in [9.17, 15) is 4.79 Å². The summed E-state index contributed by atoms with van der Waals surface area (Å²) in [7, 11) is 0. The summed E-state index contributed by atoms with van der Waals surface area (Å²) in [5, 5.41) is 0.377. The highest BCUT2D eigenvalue weighted by Gasteiger charge is 2.12. The van der Waals surface area contributed by atoms with E-state index in [-0.39, 0.29) is 0 Å². The van der Waals surface area contributed by atoms with Gasteiger partial charge in [0, 0.05) is 18.8 Å². The molecular formula is C17H17ClN2O2. The maximum Gasteiger partial charge on any atom is 0.250 e. The van der Waals surface area contributed by atoms with Crippen LogP contribution in [0.5, 0.6) is 0 Å². The van der Waals surface area contributed by atoms with Crippen molar-refractivity contribution in [3.05, 3.63) is 53.1 Å². The standard InChI is InChI=1S/C17H17ClN2O2/c18-16-11-13(3-6-15(16)17(19)21)12-1-4-14(5-2-12)20-7-9-22-10-8-20/h1-6,11H,7-10H2,(H2,19,21). The first-order chi connectivity index (χ1) is 10.6. The number of ether oxygens (including phenoxy) is 1. The zero-order valence-corrected chi connectivity index (χ0v) is 12.8. The number of rotatable bonds is 3. The molecule has 0 spiro atoms. The molecule has 3 rings (SSSR count). The van der Waals surface area contributed by atoms with E-state index in [1.54, 1.807) is 12.1 Å². The summed E-state index contributed by atoms with van der Waals surface area (Å²) in [5.41, 5.74) is 8.81. The molecule has 1 aliphatic rings. The molecule has 0 radical (unpaired) electrons. The molecule has 1 aliphatic heterocycles. The monoisotopic (exact) mass is 316 g/mol. The molecule has 1 fully saturated rings. The van der Waals surface area contributed by atoms with Gasteiger partial charge < -0.3 is 15.4 Å².